The number of carbonyl (C=O) groups is 2. The molecule has 2 amide bonds. The first-order chi connectivity index (χ1) is 9.02. The third-order valence-electron chi connectivity index (χ3n) is 2.18. The molecule has 0 fully saturated rings. The van der Waals surface area contributed by atoms with E-state index in [9.17, 15) is 9.59 Å². The number of aliphatic carboxylic acids is 1. The van der Waals surface area contributed by atoms with Crippen LogP contribution in [0.1, 0.15) is 6.42 Å². The molecular formula is C12H12ClN3O3. The highest BCUT2D eigenvalue weighted by Gasteiger charge is 2.16. The number of urea groups is 1. The predicted molar refractivity (Wildman–Crippen MR) is 69.9 cm³/mol. The van der Waals surface area contributed by atoms with Crippen molar-refractivity contribution in [3.63, 3.8) is 0 Å². The molecule has 0 aliphatic heterocycles. The second kappa shape index (κ2) is 7.24. The van der Waals surface area contributed by atoms with Gasteiger partial charge in [-0.1, -0.05) is 17.7 Å². The monoisotopic (exact) mass is 281 g/mol. The van der Waals surface area contributed by atoms with E-state index in [-0.39, 0.29) is 13.0 Å². The van der Waals surface area contributed by atoms with Crippen LogP contribution in [0.5, 0.6) is 0 Å². The fourth-order valence-corrected chi connectivity index (χ4v) is 1.56. The van der Waals surface area contributed by atoms with Gasteiger partial charge < -0.3 is 15.3 Å². The number of carboxylic acid groups (broad SMARTS) is 1. The number of amides is 2. The molecule has 0 heterocycles. The number of rotatable bonds is 5. The van der Waals surface area contributed by atoms with Crippen LogP contribution in [0.2, 0.25) is 5.02 Å². The second-order valence-corrected chi connectivity index (χ2v) is 4.10. The zero-order valence-corrected chi connectivity index (χ0v) is 10.7. The Hall–Kier alpha value is -2.26. The minimum absolute atomic E-state index is 0.0508. The zero-order chi connectivity index (χ0) is 14.3. The summed E-state index contributed by atoms with van der Waals surface area (Å²) in [5.41, 5.74) is 0.463. The Morgan fingerprint density at radius 1 is 1.47 bits per heavy atom. The first-order valence-corrected chi connectivity index (χ1v) is 5.81. The molecule has 0 radical (unpaired) electrons. The average molecular weight is 282 g/mol. The highest BCUT2D eigenvalue weighted by molar-refractivity contribution is 6.30. The number of hydrogen-bond acceptors (Lipinski definition) is 3. The minimum Gasteiger partial charge on any atom is -0.480 e. The summed E-state index contributed by atoms with van der Waals surface area (Å²) in [5, 5.41) is 20.2. The van der Waals surface area contributed by atoms with Crippen molar-refractivity contribution in [2.75, 3.05) is 18.4 Å². The van der Waals surface area contributed by atoms with E-state index in [0.717, 1.165) is 4.90 Å². The van der Waals surface area contributed by atoms with Gasteiger partial charge in [0, 0.05) is 17.3 Å². The number of benzene rings is 1. The molecule has 0 aliphatic carbocycles. The molecule has 0 aromatic heterocycles. The molecule has 1 rings (SSSR count). The number of nitriles is 1. The molecule has 0 atom stereocenters. The first kappa shape index (κ1) is 14.8. The third-order valence-corrected chi connectivity index (χ3v) is 2.42. The molecule has 19 heavy (non-hydrogen) atoms. The Morgan fingerprint density at radius 2 is 2.21 bits per heavy atom. The van der Waals surface area contributed by atoms with Gasteiger partial charge in [0.1, 0.15) is 6.54 Å². The quantitative estimate of drug-likeness (QED) is 0.865. The molecule has 7 heteroatoms. The van der Waals surface area contributed by atoms with Gasteiger partial charge in [0.2, 0.25) is 0 Å². The Bertz CT molecular complexity index is 513. The van der Waals surface area contributed by atoms with Crippen LogP contribution in [0.4, 0.5) is 10.5 Å². The van der Waals surface area contributed by atoms with Gasteiger partial charge in [-0.2, -0.15) is 5.26 Å². The van der Waals surface area contributed by atoms with Gasteiger partial charge in [-0.15, -0.1) is 0 Å². The topological polar surface area (TPSA) is 93.4 Å². The number of carbonyl (C=O) groups excluding carboxylic acids is 1. The summed E-state index contributed by atoms with van der Waals surface area (Å²) in [6.45, 7) is -0.413. The SMILES string of the molecule is N#CCCN(CC(=O)O)C(=O)Nc1cccc(Cl)c1. The number of nitrogens with zero attached hydrogens (tertiary/aromatic N) is 2. The lowest BCUT2D eigenvalue weighted by Gasteiger charge is -2.19. The molecular weight excluding hydrogens is 270 g/mol. The predicted octanol–water partition coefficient (Wildman–Crippen LogP) is 2.17. The highest BCUT2D eigenvalue weighted by atomic mass is 35.5. The van der Waals surface area contributed by atoms with Crippen molar-refractivity contribution in [2.24, 2.45) is 0 Å². The molecule has 0 unspecified atom stereocenters. The molecule has 0 bridgehead atoms. The van der Waals surface area contributed by atoms with Crippen LogP contribution in [-0.4, -0.2) is 35.1 Å². The van der Waals surface area contributed by atoms with Crippen molar-refractivity contribution in [1.29, 1.82) is 5.26 Å². The Balaban J connectivity index is 2.70. The lowest BCUT2D eigenvalue weighted by Crippen LogP contribution is -2.39. The molecule has 1 aromatic rings. The van der Waals surface area contributed by atoms with E-state index in [1.54, 1.807) is 24.3 Å². The zero-order valence-electron chi connectivity index (χ0n) is 9.97. The Morgan fingerprint density at radius 3 is 2.79 bits per heavy atom. The van der Waals surface area contributed by atoms with Crippen LogP contribution in [0, 0.1) is 11.3 Å². The van der Waals surface area contributed by atoms with Gasteiger partial charge >= 0.3 is 12.0 Å². The van der Waals surface area contributed by atoms with Gasteiger partial charge in [-0.05, 0) is 18.2 Å². The van der Waals surface area contributed by atoms with Crippen molar-refractivity contribution in [1.82, 2.24) is 4.90 Å². The fraction of sp³-hybridized carbons (Fsp3) is 0.250. The number of halogens is 1. The second-order valence-electron chi connectivity index (χ2n) is 3.66. The number of hydrogen-bond donors (Lipinski definition) is 2. The lowest BCUT2D eigenvalue weighted by molar-refractivity contribution is -0.137. The van der Waals surface area contributed by atoms with Gasteiger partial charge in [-0.25, -0.2) is 4.79 Å². The minimum atomic E-state index is -1.14. The van der Waals surface area contributed by atoms with E-state index in [1.807, 2.05) is 6.07 Å². The van der Waals surface area contributed by atoms with E-state index in [1.165, 1.54) is 0 Å². The van der Waals surface area contributed by atoms with Crippen LogP contribution in [-0.2, 0) is 4.79 Å². The summed E-state index contributed by atoms with van der Waals surface area (Å²) in [7, 11) is 0. The molecule has 1 aromatic carbocycles. The molecule has 0 aliphatic rings. The summed E-state index contributed by atoms with van der Waals surface area (Å²) in [6, 6.07) is 7.77. The van der Waals surface area contributed by atoms with Gasteiger partial charge in [-0.3, -0.25) is 4.79 Å². The summed E-state index contributed by atoms with van der Waals surface area (Å²) >= 11 is 5.77. The summed E-state index contributed by atoms with van der Waals surface area (Å²) in [5.74, 6) is -1.14. The Kier molecular flexibility index (Phi) is 5.64. The van der Waals surface area contributed by atoms with Crippen LogP contribution in [0.15, 0.2) is 24.3 Å². The molecule has 0 saturated carbocycles. The maximum Gasteiger partial charge on any atom is 0.323 e. The third kappa shape index (κ3) is 5.27. The Labute approximate surface area is 115 Å². The van der Waals surface area contributed by atoms with Crippen molar-refractivity contribution < 1.29 is 14.7 Å². The first-order valence-electron chi connectivity index (χ1n) is 5.43. The van der Waals surface area contributed by atoms with Crippen molar-refractivity contribution in [3.05, 3.63) is 29.3 Å². The van der Waals surface area contributed by atoms with Crippen LogP contribution in [0.25, 0.3) is 0 Å². The van der Waals surface area contributed by atoms with Gasteiger partial charge in [0.25, 0.3) is 0 Å². The average Bonchev–Trinajstić information content (AvgIpc) is 2.34. The molecule has 0 spiro atoms. The summed E-state index contributed by atoms with van der Waals surface area (Å²) in [4.78, 5) is 23.6. The largest absolute Gasteiger partial charge is 0.480 e. The highest BCUT2D eigenvalue weighted by Crippen LogP contribution is 2.15. The van der Waals surface area contributed by atoms with Crippen molar-refractivity contribution >= 4 is 29.3 Å². The number of carboxylic acids is 1. The summed E-state index contributed by atoms with van der Waals surface area (Å²) in [6.07, 6.45) is 0.0657. The van der Waals surface area contributed by atoms with Crippen molar-refractivity contribution in [3.8, 4) is 6.07 Å². The fourth-order valence-electron chi connectivity index (χ4n) is 1.37. The molecule has 0 saturated heterocycles. The van der Waals surface area contributed by atoms with E-state index in [4.69, 9.17) is 22.0 Å². The number of anilines is 1. The maximum atomic E-state index is 11.9. The van der Waals surface area contributed by atoms with Crippen molar-refractivity contribution in [2.45, 2.75) is 6.42 Å². The van der Waals surface area contributed by atoms with Gasteiger partial charge in [0.05, 0.1) is 12.5 Å². The van der Waals surface area contributed by atoms with E-state index >= 15 is 0 Å². The number of nitrogens with one attached hydrogen (secondary N) is 1. The van der Waals surface area contributed by atoms with Gasteiger partial charge in [0.15, 0.2) is 0 Å². The normalized spacial score (nSPS) is 9.47. The standard InChI is InChI=1S/C12H12ClN3O3/c13-9-3-1-4-10(7-9)15-12(19)16(6-2-5-14)8-11(17)18/h1,3-4,7H,2,6,8H2,(H,15,19)(H,17,18). The van der Waals surface area contributed by atoms with Crippen LogP contribution < -0.4 is 5.32 Å². The smallest absolute Gasteiger partial charge is 0.323 e. The molecule has 100 valence electrons. The molecule has 2 N–H and O–H groups in total. The van der Waals surface area contributed by atoms with Crippen LogP contribution in [0.3, 0.4) is 0 Å². The summed E-state index contributed by atoms with van der Waals surface area (Å²) < 4.78 is 0. The van der Waals surface area contributed by atoms with E-state index in [0.29, 0.717) is 10.7 Å². The maximum absolute atomic E-state index is 11.9. The van der Waals surface area contributed by atoms with E-state index in [2.05, 4.69) is 5.32 Å². The van der Waals surface area contributed by atoms with Crippen LogP contribution >= 0.6 is 11.6 Å². The van der Waals surface area contributed by atoms with E-state index < -0.39 is 18.5 Å². The molecule has 6 nitrogen and oxygen atoms in total. The lowest BCUT2D eigenvalue weighted by atomic mass is 10.3.